The summed E-state index contributed by atoms with van der Waals surface area (Å²) >= 11 is 0. The van der Waals surface area contributed by atoms with Crippen molar-refractivity contribution in [1.82, 2.24) is 15.0 Å². The van der Waals surface area contributed by atoms with Crippen molar-refractivity contribution in [2.75, 3.05) is 6.54 Å². The highest BCUT2D eigenvalue weighted by atomic mass is 19.1. The fourth-order valence-electron chi connectivity index (χ4n) is 3.42. The van der Waals surface area contributed by atoms with Crippen molar-refractivity contribution < 1.29 is 18.8 Å². The van der Waals surface area contributed by atoms with Crippen LogP contribution in [0.25, 0.3) is 11.1 Å². The number of phenolic OH excluding ortho intramolecular Hbond substituents is 1. The highest BCUT2D eigenvalue weighted by Gasteiger charge is 2.34. The van der Waals surface area contributed by atoms with Crippen molar-refractivity contribution in [2.45, 2.75) is 25.8 Å². The van der Waals surface area contributed by atoms with E-state index in [2.05, 4.69) is 10.1 Å². The SMILES string of the molecule is Cc1noc([C@@H]2CCCN2C(=O)c2ccc(-c3cccc(F)c3O)cc2)n1. The number of halogens is 1. The summed E-state index contributed by atoms with van der Waals surface area (Å²) in [6.45, 7) is 2.37. The number of aromatic nitrogens is 2. The molecule has 2 aromatic carbocycles. The number of hydrogen-bond acceptors (Lipinski definition) is 5. The quantitative estimate of drug-likeness (QED) is 0.760. The molecule has 3 aromatic rings. The molecule has 1 N–H and O–H groups in total. The zero-order valence-electron chi connectivity index (χ0n) is 14.7. The van der Waals surface area contributed by atoms with Gasteiger partial charge in [0.1, 0.15) is 6.04 Å². The van der Waals surface area contributed by atoms with Gasteiger partial charge in [0, 0.05) is 17.7 Å². The molecule has 2 heterocycles. The average molecular weight is 367 g/mol. The largest absolute Gasteiger partial charge is 0.504 e. The van der Waals surface area contributed by atoms with Crippen molar-refractivity contribution in [3.05, 3.63) is 65.6 Å². The number of phenols is 1. The Hall–Kier alpha value is -3.22. The number of carbonyl (C=O) groups excluding carboxylic acids is 1. The van der Waals surface area contributed by atoms with Gasteiger partial charge in [-0.25, -0.2) is 4.39 Å². The number of aryl methyl sites for hydroxylation is 1. The summed E-state index contributed by atoms with van der Waals surface area (Å²) in [4.78, 5) is 18.9. The summed E-state index contributed by atoms with van der Waals surface area (Å²) in [6, 6.07) is 10.9. The predicted molar refractivity (Wildman–Crippen MR) is 95.5 cm³/mol. The van der Waals surface area contributed by atoms with Crippen LogP contribution in [0.4, 0.5) is 4.39 Å². The normalized spacial score (nSPS) is 16.7. The van der Waals surface area contributed by atoms with Crippen LogP contribution in [0, 0.1) is 12.7 Å². The molecule has 1 atom stereocenters. The van der Waals surface area contributed by atoms with Crippen LogP contribution in [0.1, 0.15) is 41.0 Å². The maximum Gasteiger partial charge on any atom is 0.254 e. The van der Waals surface area contributed by atoms with Crippen molar-refractivity contribution in [3.63, 3.8) is 0 Å². The van der Waals surface area contributed by atoms with Crippen LogP contribution >= 0.6 is 0 Å². The van der Waals surface area contributed by atoms with Gasteiger partial charge in [-0.1, -0.05) is 29.4 Å². The Morgan fingerprint density at radius 3 is 2.74 bits per heavy atom. The third kappa shape index (κ3) is 3.16. The van der Waals surface area contributed by atoms with Crippen LogP contribution in [-0.2, 0) is 0 Å². The van der Waals surface area contributed by atoms with Crippen LogP contribution in [0.2, 0.25) is 0 Å². The van der Waals surface area contributed by atoms with Crippen molar-refractivity contribution in [3.8, 4) is 16.9 Å². The molecule has 1 fully saturated rings. The zero-order chi connectivity index (χ0) is 19.0. The van der Waals surface area contributed by atoms with Gasteiger partial charge in [0.25, 0.3) is 5.91 Å². The Bertz CT molecular complexity index is 984. The van der Waals surface area contributed by atoms with E-state index in [0.29, 0.717) is 35.0 Å². The first-order valence-corrected chi connectivity index (χ1v) is 8.73. The first-order chi connectivity index (χ1) is 13.0. The first kappa shape index (κ1) is 17.2. The lowest BCUT2D eigenvalue weighted by Gasteiger charge is -2.22. The molecule has 0 aliphatic carbocycles. The molecule has 7 heteroatoms. The average Bonchev–Trinajstić information content (AvgIpc) is 3.32. The van der Waals surface area contributed by atoms with Gasteiger partial charge in [-0.2, -0.15) is 4.98 Å². The third-order valence-electron chi connectivity index (χ3n) is 4.77. The number of nitrogens with zero attached hydrogens (tertiary/aromatic N) is 3. The molecule has 138 valence electrons. The van der Waals surface area contributed by atoms with E-state index in [1.807, 2.05) is 0 Å². The van der Waals surface area contributed by atoms with Crippen LogP contribution < -0.4 is 0 Å². The van der Waals surface area contributed by atoms with E-state index in [-0.39, 0.29) is 11.9 Å². The molecular formula is C20H18FN3O3. The molecule has 1 aromatic heterocycles. The number of carbonyl (C=O) groups is 1. The molecule has 6 nitrogen and oxygen atoms in total. The van der Waals surface area contributed by atoms with Crippen LogP contribution in [0.15, 0.2) is 47.0 Å². The lowest BCUT2D eigenvalue weighted by Crippen LogP contribution is -2.30. The van der Waals surface area contributed by atoms with E-state index in [1.54, 1.807) is 42.2 Å². The molecule has 0 radical (unpaired) electrons. The number of benzene rings is 2. The smallest absolute Gasteiger partial charge is 0.254 e. The molecule has 4 rings (SSSR count). The summed E-state index contributed by atoms with van der Waals surface area (Å²) in [5, 5.41) is 13.7. The lowest BCUT2D eigenvalue weighted by atomic mass is 10.0. The summed E-state index contributed by atoms with van der Waals surface area (Å²) in [5.41, 5.74) is 1.53. The van der Waals surface area contributed by atoms with Crippen molar-refractivity contribution in [2.24, 2.45) is 0 Å². The molecule has 0 saturated carbocycles. The number of para-hydroxylation sites is 1. The minimum absolute atomic E-state index is 0.122. The van der Waals surface area contributed by atoms with Crippen LogP contribution in [0.5, 0.6) is 5.75 Å². The summed E-state index contributed by atoms with van der Waals surface area (Å²) in [6.07, 6.45) is 1.65. The maximum atomic E-state index is 13.6. The van der Waals surface area contributed by atoms with Crippen molar-refractivity contribution in [1.29, 1.82) is 0 Å². The lowest BCUT2D eigenvalue weighted by molar-refractivity contribution is 0.0710. The van der Waals surface area contributed by atoms with Crippen LogP contribution in [0.3, 0.4) is 0 Å². The van der Waals surface area contributed by atoms with E-state index in [4.69, 9.17) is 4.52 Å². The summed E-state index contributed by atoms with van der Waals surface area (Å²) in [5.74, 6) is -0.197. The topological polar surface area (TPSA) is 79.5 Å². The van der Waals surface area contributed by atoms with E-state index in [1.165, 1.54) is 12.1 Å². The molecular weight excluding hydrogens is 349 g/mol. The zero-order valence-corrected chi connectivity index (χ0v) is 14.7. The van der Waals surface area contributed by atoms with E-state index in [0.717, 1.165) is 12.8 Å². The second kappa shape index (κ2) is 6.83. The third-order valence-corrected chi connectivity index (χ3v) is 4.77. The number of rotatable bonds is 3. The molecule has 0 unspecified atom stereocenters. The Balaban J connectivity index is 1.58. The Labute approximate surface area is 155 Å². The van der Waals surface area contributed by atoms with Crippen LogP contribution in [-0.4, -0.2) is 32.6 Å². The molecule has 0 bridgehead atoms. The fraction of sp³-hybridized carbons (Fsp3) is 0.250. The van der Waals surface area contributed by atoms with Gasteiger partial charge in [0.2, 0.25) is 5.89 Å². The monoisotopic (exact) mass is 367 g/mol. The van der Waals surface area contributed by atoms with Gasteiger partial charge >= 0.3 is 0 Å². The van der Waals surface area contributed by atoms with E-state index in [9.17, 15) is 14.3 Å². The van der Waals surface area contributed by atoms with E-state index >= 15 is 0 Å². The standard InChI is InChI=1S/C20H18FN3O3/c1-12-22-19(27-23-12)17-6-3-11-24(17)20(26)14-9-7-13(8-10-14)15-4-2-5-16(21)18(15)25/h2,4-5,7-10,17,25H,3,6,11H2,1H3/t17-/m0/s1. The molecule has 1 amide bonds. The predicted octanol–water partition coefficient (Wildman–Crippen LogP) is 3.87. The van der Waals surface area contributed by atoms with Gasteiger partial charge in [-0.05, 0) is 43.5 Å². The highest BCUT2D eigenvalue weighted by molar-refractivity contribution is 5.95. The molecule has 0 spiro atoms. The van der Waals surface area contributed by atoms with E-state index < -0.39 is 11.6 Å². The second-order valence-electron chi connectivity index (χ2n) is 6.55. The fourth-order valence-corrected chi connectivity index (χ4v) is 3.42. The Morgan fingerprint density at radius 1 is 1.26 bits per heavy atom. The van der Waals surface area contributed by atoms with Gasteiger partial charge in [0.05, 0.1) is 0 Å². The van der Waals surface area contributed by atoms with Crippen molar-refractivity contribution >= 4 is 5.91 Å². The number of hydrogen-bond donors (Lipinski definition) is 1. The maximum absolute atomic E-state index is 13.6. The minimum Gasteiger partial charge on any atom is -0.504 e. The highest BCUT2D eigenvalue weighted by Crippen LogP contribution is 2.34. The van der Waals surface area contributed by atoms with Gasteiger partial charge in [0.15, 0.2) is 17.4 Å². The summed E-state index contributed by atoms with van der Waals surface area (Å²) in [7, 11) is 0. The molecule has 1 aliphatic heterocycles. The minimum atomic E-state index is -0.678. The molecule has 27 heavy (non-hydrogen) atoms. The van der Waals surface area contributed by atoms with Gasteiger partial charge < -0.3 is 14.5 Å². The Kier molecular flexibility index (Phi) is 4.35. The summed E-state index contributed by atoms with van der Waals surface area (Å²) < 4.78 is 18.8. The number of aromatic hydroxyl groups is 1. The molecule has 1 saturated heterocycles. The molecule has 1 aliphatic rings. The van der Waals surface area contributed by atoms with Gasteiger partial charge in [-0.15, -0.1) is 0 Å². The Morgan fingerprint density at radius 2 is 2.04 bits per heavy atom. The number of amides is 1. The second-order valence-corrected chi connectivity index (χ2v) is 6.55. The number of likely N-dealkylation sites (tertiary alicyclic amines) is 1. The van der Waals surface area contributed by atoms with Gasteiger partial charge in [-0.3, -0.25) is 4.79 Å². The first-order valence-electron chi connectivity index (χ1n) is 8.73.